The largest absolute Gasteiger partial charge is 0.376 e. The van der Waals surface area contributed by atoms with Crippen LogP contribution in [0.5, 0.6) is 0 Å². The van der Waals surface area contributed by atoms with Gasteiger partial charge < -0.3 is 5.32 Å². The van der Waals surface area contributed by atoms with Gasteiger partial charge in [-0.15, -0.1) is 0 Å². The zero-order chi connectivity index (χ0) is 6.95. The molecule has 0 aliphatic heterocycles. The van der Waals surface area contributed by atoms with Crippen molar-refractivity contribution in [2.45, 2.75) is 26.2 Å². The predicted molar refractivity (Wildman–Crippen MR) is 41.9 cm³/mol. The van der Waals surface area contributed by atoms with Crippen LogP contribution in [0.2, 0.25) is 0 Å². The smallest absolute Gasteiger partial charge is 0.0820 e. The molecule has 9 heavy (non-hydrogen) atoms. The van der Waals surface area contributed by atoms with Gasteiger partial charge >= 0.3 is 0 Å². The van der Waals surface area contributed by atoms with E-state index in [0.29, 0.717) is 0 Å². The van der Waals surface area contributed by atoms with E-state index in [1.807, 2.05) is 0 Å². The Morgan fingerprint density at radius 1 is 1.44 bits per heavy atom. The number of nitrogens with zero attached hydrogens (tertiary/aromatic N) is 1. The van der Waals surface area contributed by atoms with Gasteiger partial charge in [0.2, 0.25) is 0 Å². The second-order valence-electron chi connectivity index (χ2n) is 2.05. The van der Waals surface area contributed by atoms with Crippen LogP contribution >= 0.6 is 0 Å². The minimum absolute atomic E-state index is 1.06. The van der Waals surface area contributed by atoms with Gasteiger partial charge in [-0.3, -0.25) is 4.99 Å². The molecule has 0 fully saturated rings. The lowest BCUT2D eigenvalue weighted by Gasteiger charge is -1.96. The average Bonchev–Trinajstić information content (AvgIpc) is 1.89. The van der Waals surface area contributed by atoms with Crippen molar-refractivity contribution in [2.24, 2.45) is 4.99 Å². The molecule has 0 radical (unpaired) electrons. The third-order valence-corrected chi connectivity index (χ3v) is 1.15. The predicted octanol–water partition coefficient (Wildman–Crippen LogP) is 1.42. The van der Waals surface area contributed by atoms with E-state index in [1.165, 1.54) is 19.3 Å². The molecule has 0 aliphatic rings. The third-order valence-electron chi connectivity index (χ3n) is 1.15. The number of nitrogens with one attached hydrogen (secondary N) is 1. The molecule has 1 N–H and O–H groups in total. The molecule has 0 aliphatic carbocycles. The Balaban J connectivity index is 2.75. The molecule has 0 atom stereocenters. The fraction of sp³-hybridized carbons (Fsp3) is 0.857. The summed E-state index contributed by atoms with van der Waals surface area (Å²) in [5.41, 5.74) is 0. The highest BCUT2D eigenvalue weighted by atomic mass is 14.9. The summed E-state index contributed by atoms with van der Waals surface area (Å²) >= 11 is 0. The summed E-state index contributed by atoms with van der Waals surface area (Å²) in [5, 5.41) is 3.08. The highest BCUT2D eigenvalue weighted by Crippen LogP contribution is 1.89. The quantitative estimate of drug-likeness (QED) is 0.338. The van der Waals surface area contributed by atoms with Gasteiger partial charge in [0.05, 0.1) is 6.34 Å². The molecule has 2 heteroatoms. The Morgan fingerprint density at radius 3 is 2.78 bits per heavy atom. The molecule has 0 saturated carbocycles. The molecule has 0 amide bonds. The summed E-state index contributed by atoms with van der Waals surface area (Å²) in [6, 6.07) is 0. The molecule has 0 saturated heterocycles. The van der Waals surface area contributed by atoms with Crippen molar-refractivity contribution in [3.8, 4) is 0 Å². The zero-order valence-corrected chi connectivity index (χ0v) is 6.35. The molecular formula is C7H16N2. The first kappa shape index (κ1) is 8.47. The molecule has 0 unspecified atom stereocenters. The van der Waals surface area contributed by atoms with Crippen LogP contribution in [-0.4, -0.2) is 19.9 Å². The molecule has 0 aromatic heterocycles. The summed E-state index contributed by atoms with van der Waals surface area (Å²) < 4.78 is 0. The Hall–Kier alpha value is -0.530. The van der Waals surface area contributed by atoms with E-state index >= 15 is 0 Å². The topological polar surface area (TPSA) is 24.4 Å². The number of hydrogen-bond donors (Lipinski definition) is 1. The molecular weight excluding hydrogens is 112 g/mol. The summed E-state index contributed by atoms with van der Waals surface area (Å²) in [6.07, 6.45) is 5.59. The van der Waals surface area contributed by atoms with Crippen molar-refractivity contribution < 1.29 is 0 Å². The first-order chi connectivity index (χ1) is 4.41. The minimum atomic E-state index is 1.06. The van der Waals surface area contributed by atoms with Gasteiger partial charge in [0, 0.05) is 13.6 Å². The SMILES string of the molecule is CCCCCNC=NC. The fourth-order valence-corrected chi connectivity index (χ4v) is 0.633. The van der Waals surface area contributed by atoms with Crippen LogP contribution in [-0.2, 0) is 0 Å². The van der Waals surface area contributed by atoms with Crippen LogP contribution in [0.1, 0.15) is 26.2 Å². The van der Waals surface area contributed by atoms with Gasteiger partial charge in [-0.05, 0) is 6.42 Å². The monoisotopic (exact) mass is 128 g/mol. The van der Waals surface area contributed by atoms with Gasteiger partial charge in [-0.2, -0.15) is 0 Å². The van der Waals surface area contributed by atoms with Crippen molar-refractivity contribution in [1.82, 2.24) is 5.32 Å². The van der Waals surface area contributed by atoms with Crippen molar-refractivity contribution in [3.05, 3.63) is 0 Å². The van der Waals surface area contributed by atoms with Crippen molar-refractivity contribution >= 4 is 6.34 Å². The average molecular weight is 128 g/mol. The van der Waals surface area contributed by atoms with Crippen molar-refractivity contribution in [1.29, 1.82) is 0 Å². The van der Waals surface area contributed by atoms with Gasteiger partial charge in [-0.25, -0.2) is 0 Å². The van der Waals surface area contributed by atoms with Crippen molar-refractivity contribution in [2.75, 3.05) is 13.6 Å². The second kappa shape index (κ2) is 7.47. The maximum absolute atomic E-state index is 3.80. The Morgan fingerprint density at radius 2 is 2.22 bits per heavy atom. The van der Waals surface area contributed by atoms with Crippen molar-refractivity contribution in [3.63, 3.8) is 0 Å². The highest BCUT2D eigenvalue weighted by molar-refractivity contribution is 5.53. The van der Waals surface area contributed by atoms with E-state index < -0.39 is 0 Å². The first-order valence-corrected chi connectivity index (χ1v) is 3.55. The lowest BCUT2D eigenvalue weighted by molar-refractivity contribution is 0.699. The van der Waals surface area contributed by atoms with Gasteiger partial charge in [-0.1, -0.05) is 19.8 Å². The van der Waals surface area contributed by atoms with Crippen LogP contribution in [0.4, 0.5) is 0 Å². The van der Waals surface area contributed by atoms with Gasteiger partial charge in [0.1, 0.15) is 0 Å². The summed E-state index contributed by atoms with van der Waals surface area (Å²) in [4.78, 5) is 3.80. The molecule has 0 rings (SSSR count). The Bertz CT molecular complexity index is 69.3. The lowest BCUT2D eigenvalue weighted by Crippen LogP contribution is -2.11. The first-order valence-electron chi connectivity index (χ1n) is 3.55. The molecule has 2 nitrogen and oxygen atoms in total. The minimum Gasteiger partial charge on any atom is -0.376 e. The number of unbranched alkanes of at least 4 members (excludes halogenated alkanes) is 2. The summed E-state index contributed by atoms with van der Waals surface area (Å²) in [6.45, 7) is 3.26. The van der Waals surface area contributed by atoms with Crippen LogP contribution < -0.4 is 5.32 Å². The fourth-order valence-electron chi connectivity index (χ4n) is 0.633. The highest BCUT2D eigenvalue weighted by Gasteiger charge is 1.80. The second-order valence-corrected chi connectivity index (χ2v) is 2.05. The van der Waals surface area contributed by atoms with E-state index in [-0.39, 0.29) is 0 Å². The van der Waals surface area contributed by atoms with Crippen LogP contribution in [0.3, 0.4) is 0 Å². The molecule has 0 aromatic carbocycles. The number of rotatable bonds is 5. The normalized spacial score (nSPS) is 10.4. The van der Waals surface area contributed by atoms with Gasteiger partial charge in [0.25, 0.3) is 0 Å². The van der Waals surface area contributed by atoms with E-state index in [1.54, 1.807) is 13.4 Å². The van der Waals surface area contributed by atoms with E-state index in [2.05, 4.69) is 17.2 Å². The van der Waals surface area contributed by atoms with Crippen LogP contribution in [0, 0.1) is 0 Å². The molecule has 0 spiro atoms. The molecule has 0 heterocycles. The summed E-state index contributed by atoms with van der Waals surface area (Å²) in [5.74, 6) is 0. The standard InChI is InChI=1S/C7H16N2/c1-3-4-5-6-9-7-8-2/h7H,3-6H2,1-2H3,(H,8,9). The molecule has 54 valence electrons. The molecule has 0 aromatic rings. The Kier molecular flexibility index (Phi) is 7.03. The van der Waals surface area contributed by atoms with Gasteiger partial charge in [0.15, 0.2) is 0 Å². The zero-order valence-electron chi connectivity index (χ0n) is 6.35. The number of hydrogen-bond acceptors (Lipinski definition) is 1. The third kappa shape index (κ3) is 7.47. The lowest BCUT2D eigenvalue weighted by atomic mass is 10.2. The van der Waals surface area contributed by atoms with Crippen LogP contribution in [0.25, 0.3) is 0 Å². The van der Waals surface area contributed by atoms with E-state index in [0.717, 1.165) is 6.54 Å². The van der Waals surface area contributed by atoms with E-state index in [9.17, 15) is 0 Å². The maximum Gasteiger partial charge on any atom is 0.0820 e. The maximum atomic E-state index is 3.80. The molecule has 0 bridgehead atoms. The summed E-state index contributed by atoms with van der Waals surface area (Å²) in [7, 11) is 1.77. The van der Waals surface area contributed by atoms with Crippen LogP contribution in [0.15, 0.2) is 4.99 Å². The Labute approximate surface area is 57.4 Å². The number of aliphatic imine (C=N–C) groups is 1. The van der Waals surface area contributed by atoms with E-state index in [4.69, 9.17) is 0 Å².